The van der Waals surface area contributed by atoms with Gasteiger partial charge in [-0.1, -0.05) is 40.2 Å². The van der Waals surface area contributed by atoms with Crippen LogP contribution in [0.4, 0.5) is 11.4 Å². The molecule has 0 amide bonds. The summed E-state index contributed by atoms with van der Waals surface area (Å²) in [7, 11) is 0. The van der Waals surface area contributed by atoms with Crippen LogP contribution in [0, 0.1) is 0 Å². The number of nitrogens with two attached hydrogens (primary N) is 1. The van der Waals surface area contributed by atoms with Gasteiger partial charge < -0.3 is 15.4 Å². The van der Waals surface area contributed by atoms with Crippen molar-refractivity contribution >= 4 is 39.4 Å². The number of hydrogen-bond donors (Lipinski definition) is 1. The fourth-order valence-electron chi connectivity index (χ4n) is 2.84. The van der Waals surface area contributed by atoms with Crippen LogP contribution in [-0.2, 0) is 11.3 Å². The highest BCUT2D eigenvalue weighted by atomic mass is 79.9. The van der Waals surface area contributed by atoms with Crippen molar-refractivity contribution < 1.29 is 4.79 Å². The number of rotatable bonds is 3. The van der Waals surface area contributed by atoms with E-state index in [9.17, 15) is 4.79 Å². The lowest BCUT2D eigenvalue weighted by Crippen LogP contribution is -2.37. The number of halogens is 1. The van der Waals surface area contributed by atoms with Crippen LogP contribution < -0.4 is 10.6 Å². The number of nitrogens with zero attached hydrogens (tertiary/aromatic N) is 2. The Balaban J connectivity index is 2.20. The van der Waals surface area contributed by atoms with Gasteiger partial charge in [0.1, 0.15) is 18.2 Å². The number of benzene rings is 2. The smallest absolute Gasteiger partial charge is 0.147 e. The summed E-state index contributed by atoms with van der Waals surface area (Å²) < 4.78 is 0.934. The number of fused-ring (bicyclic) bond motifs is 1. The molecule has 0 aromatic heterocycles. The van der Waals surface area contributed by atoms with Crippen molar-refractivity contribution in [2.24, 2.45) is 10.7 Å². The minimum atomic E-state index is -0.395. The molecule has 5 heteroatoms. The number of aliphatic imine (C=N–C) groups is 1. The van der Waals surface area contributed by atoms with Gasteiger partial charge in [0.2, 0.25) is 0 Å². The minimum Gasteiger partial charge on any atom is -0.326 e. The van der Waals surface area contributed by atoms with Gasteiger partial charge in [0.15, 0.2) is 0 Å². The molecule has 0 aliphatic carbocycles. The summed E-state index contributed by atoms with van der Waals surface area (Å²) in [6.45, 7) is 2.29. The fraction of sp³-hybridized carbons (Fsp3) is 0.176. The number of para-hydroxylation sites is 1. The van der Waals surface area contributed by atoms with Gasteiger partial charge in [0.05, 0.1) is 5.69 Å². The van der Waals surface area contributed by atoms with E-state index >= 15 is 0 Å². The third kappa shape index (κ3) is 2.36. The lowest BCUT2D eigenvalue weighted by Gasteiger charge is -2.35. The zero-order chi connectivity index (χ0) is 15.7. The van der Waals surface area contributed by atoms with Crippen LogP contribution in [-0.4, -0.2) is 12.1 Å². The summed E-state index contributed by atoms with van der Waals surface area (Å²) in [5, 5.41) is 0. The monoisotopic (exact) mass is 357 g/mol. The molecule has 4 nitrogen and oxygen atoms in total. The molecule has 3 rings (SSSR count). The van der Waals surface area contributed by atoms with Gasteiger partial charge in [0, 0.05) is 27.8 Å². The highest BCUT2D eigenvalue weighted by Crippen LogP contribution is 2.39. The summed E-state index contributed by atoms with van der Waals surface area (Å²) >= 11 is 3.53. The quantitative estimate of drug-likeness (QED) is 0.851. The summed E-state index contributed by atoms with van der Waals surface area (Å²) in [5.74, 6) is 0.781. The SMILES string of the molecule is CC1=Nc2ccccc2C(C=O)N1c1cccc(Br)c1CN. The molecule has 112 valence electrons. The molecule has 0 bridgehead atoms. The third-order valence-corrected chi connectivity index (χ3v) is 4.59. The second kappa shape index (κ2) is 6.02. The largest absolute Gasteiger partial charge is 0.326 e. The Morgan fingerprint density at radius 3 is 2.77 bits per heavy atom. The average molecular weight is 358 g/mol. The number of anilines is 1. The molecule has 0 saturated heterocycles. The maximum Gasteiger partial charge on any atom is 0.147 e. The molecule has 0 radical (unpaired) electrons. The van der Waals surface area contributed by atoms with E-state index in [0.717, 1.165) is 39.1 Å². The topological polar surface area (TPSA) is 58.7 Å². The lowest BCUT2D eigenvalue weighted by atomic mass is 10.00. The van der Waals surface area contributed by atoms with E-state index in [0.29, 0.717) is 6.54 Å². The summed E-state index contributed by atoms with van der Waals surface area (Å²) in [6.07, 6.45) is 0.957. The van der Waals surface area contributed by atoms with Gasteiger partial charge in [-0.25, -0.2) is 4.99 Å². The molecule has 0 saturated carbocycles. The summed E-state index contributed by atoms with van der Waals surface area (Å²) in [6, 6.07) is 13.2. The zero-order valence-electron chi connectivity index (χ0n) is 12.2. The van der Waals surface area contributed by atoms with Gasteiger partial charge in [0.25, 0.3) is 0 Å². The molecule has 22 heavy (non-hydrogen) atoms. The predicted molar refractivity (Wildman–Crippen MR) is 92.5 cm³/mol. The van der Waals surface area contributed by atoms with E-state index in [2.05, 4.69) is 20.9 Å². The first kappa shape index (κ1) is 14.9. The molecule has 1 unspecified atom stereocenters. The van der Waals surface area contributed by atoms with Crippen molar-refractivity contribution in [3.05, 3.63) is 58.1 Å². The van der Waals surface area contributed by atoms with Crippen LogP contribution in [0.3, 0.4) is 0 Å². The molecular weight excluding hydrogens is 342 g/mol. The van der Waals surface area contributed by atoms with Crippen molar-refractivity contribution in [3.8, 4) is 0 Å². The molecule has 0 fully saturated rings. The Bertz CT molecular complexity index is 757. The summed E-state index contributed by atoms with van der Waals surface area (Å²) in [4.78, 5) is 18.4. The highest BCUT2D eigenvalue weighted by Gasteiger charge is 2.30. The van der Waals surface area contributed by atoms with E-state index in [4.69, 9.17) is 5.73 Å². The van der Waals surface area contributed by atoms with Crippen LogP contribution in [0.15, 0.2) is 51.9 Å². The van der Waals surface area contributed by atoms with Gasteiger partial charge in [-0.15, -0.1) is 0 Å². The zero-order valence-corrected chi connectivity index (χ0v) is 13.7. The van der Waals surface area contributed by atoms with E-state index < -0.39 is 6.04 Å². The van der Waals surface area contributed by atoms with Crippen molar-refractivity contribution in [2.75, 3.05) is 4.90 Å². The van der Waals surface area contributed by atoms with E-state index in [1.807, 2.05) is 54.3 Å². The van der Waals surface area contributed by atoms with E-state index in [1.54, 1.807) is 0 Å². The van der Waals surface area contributed by atoms with Crippen LogP contribution in [0.5, 0.6) is 0 Å². The fourth-order valence-corrected chi connectivity index (χ4v) is 3.36. The van der Waals surface area contributed by atoms with Crippen molar-refractivity contribution in [1.82, 2.24) is 0 Å². The lowest BCUT2D eigenvalue weighted by molar-refractivity contribution is -0.108. The third-order valence-electron chi connectivity index (χ3n) is 3.85. The van der Waals surface area contributed by atoms with Gasteiger partial charge in [-0.05, 0) is 25.1 Å². The molecule has 1 aliphatic rings. The Hall–Kier alpha value is -1.98. The molecular formula is C17H16BrN3O. The second-order valence-electron chi connectivity index (χ2n) is 5.11. The maximum absolute atomic E-state index is 11.8. The number of carbonyl (C=O) groups excluding carboxylic acids is 1. The molecule has 1 atom stereocenters. The van der Waals surface area contributed by atoms with Crippen molar-refractivity contribution in [2.45, 2.75) is 19.5 Å². The van der Waals surface area contributed by atoms with Crippen LogP contribution >= 0.6 is 15.9 Å². The van der Waals surface area contributed by atoms with Crippen LogP contribution in [0.1, 0.15) is 24.1 Å². The first-order valence-electron chi connectivity index (χ1n) is 7.03. The van der Waals surface area contributed by atoms with E-state index in [-0.39, 0.29) is 0 Å². The Morgan fingerprint density at radius 2 is 2.05 bits per heavy atom. The Kier molecular flexibility index (Phi) is 4.09. The molecule has 0 spiro atoms. The molecule has 1 aliphatic heterocycles. The molecule has 2 aromatic rings. The van der Waals surface area contributed by atoms with Gasteiger partial charge in [-0.3, -0.25) is 0 Å². The predicted octanol–water partition coefficient (Wildman–Crippen LogP) is 3.72. The van der Waals surface area contributed by atoms with Crippen molar-refractivity contribution in [3.63, 3.8) is 0 Å². The normalized spacial score (nSPS) is 17.0. The number of amidine groups is 1. The van der Waals surface area contributed by atoms with Crippen LogP contribution in [0.2, 0.25) is 0 Å². The standard InChI is InChI=1S/C17H16BrN3O/c1-11-20-15-7-3-2-5-12(15)17(10-22)21(11)16-8-4-6-14(18)13(16)9-19/h2-8,10,17H,9,19H2,1H3. The van der Waals surface area contributed by atoms with Gasteiger partial charge >= 0.3 is 0 Å². The first-order chi connectivity index (χ1) is 10.7. The second-order valence-corrected chi connectivity index (χ2v) is 5.96. The summed E-state index contributed by atoms with van der Waals surface area (Å²) in [5.41, 5.74) is 9.52. The highest BCUT2D eigenvalue weighted by molar-refractivity contribution is 9.10. The first-order valence-corrected chi connectivity index (χ1v) is 7.83. The minimum absolute atomic E-state index is 0.383. The number of hydrogen-bond acceptors (Lipinski definition) is 4. The van der Waals surface area contributed by atoms with Crippen molar-refractivity contribution in [1.29, 1.82) is 0 Å². The molecule has 2 aromatic carbocycles. The maximum atomic E-state index is 11.8. The van der Waals surface area contributed by atoms with Crippen LogP contribution in [0.25, 0.3) is 0 Å². The number of aldehydes is 1. The Labute approximate surface area is 137 Å². The Morgan fingerprint density at radius 1 is 1.27 bits per heavy atom. The number of carbonyl (C=O) groups is 1. The van der Waals surface area contributed by atoms with E-state index in [1.165, 1.54) is 0 Å². The molecule has 2 N–H and O–H groups in total. The average Bonchev–Trinajstić information content (AvgIpc) is 2.53. The molecule has 1 heterocycles. The van der Waals surface area contributed by atoms with Gasteiger partial charge in [-0.2, -0.15) is 0 Å².